The molecule has 0 aromatic rings. The van der Waals surface area contributed by atoms with E-state index in [1.165, 1.54) is 12.8 Å². The Hall–Kier alpha value is -0.610. The minimum absolute atomic E-state index is 0.128. The van der Waals surface area contributed by atoms with Gasteiger partial charge in [0.25, 0.3) is 0 Å². The second-order valence-corrected chi connectivity index (χ2v) is 3.94. The van der Waals surface area contributed by atoms with Crippen molar-refractivity contribution in [1.82, 2.24) is 10.2 Å². The van der Waals surface area contributed by atoms with Crippen LogP contribution in [0.3, 0.4) is 0 Å². The summed E-state index contributed by atoms with van der Waals surface area (Å²) in [6.07, 6.45) is 2.84. The van der Waals surface area contributed by atoms with Gasteiger partial charge in [0.1, 0.15) is 0 Å². The number of aliphatic hydroxyl groups is 1. The SMILES string of the molecule is O=C(CNC1CC1)N1CCC(O)C1. The lowest BCUT2D eigenvalue weighted by molar-refractivity contribution is -0.129. The third-order valence-electron chi connectivity index (χ3n) is 2.64. The number of β-amino-alcohol motifs (C(OH)–C–C–N with tert-alkyl or cyclic N) is 1. The van der Waals surface area contributed by atoms with E-state index in [1.54, 1.807) is 4.90 Å². The summed E-state index contributed by atoms with van der Waals surface area (Å²) in [5.41, 5.74) is 0. The molecule has 1 atom stereocenters. The summed E-state index contributed by atoms with van der Waals surface area (Å²) >= 11 is 0. The van der Waals surface area contributed by atoms with Crippen molar-refractivity contribution in [3.8, 4) is 0 Å². The van der Waals surface area contributed by atoms with Crippen LogP contribution in [0.2, 0.25) is 0 Å². The Kier molecular flexibility index (Phi) is 2.51. The van der Waals surface area contributed by atoms with Crippen LogP contribution in [0.1, 0.15) is 19.3 Å². The van der Waals surface area contributed by atoms with E-state index in [4.69, 9.17) is 0 Å². The average Bonchev–Trinajstić information content (AvgIpc) is 2.84. The van der Waals surface area contributed by atoms with Crippen molar-refractivity contribution in [3.63, 3.8) is 0 Å². The predicted molar refractivity (Wildman–Crippen MR) is 48.2 cm³/mol. The molecule has 1 amide bonds. The lowest BCUT2D eigenvalue weighted by Crippen LogP contribution is -2.37. The number of nitrogens with zero attached hydrogens (tertiary/aromatic N) is 1. The van der Waals surface area contributed by atoms with Gasteiger partial charge in [-0.1, -0.05) is 0 Å². The van der Waals surface area contributed by atoms with Crippen molar-refractivity contribution in [3.05, 3.63) is 0 Å². The van der Waals surface area contributed by atoms with Crippen LogP contribution >= 0.6 is 0 Å². The molecule has 1 aliphatic heterocycles. The van der Waals surface area contributed by atoms with Gasteiger partial charge in [0, 0.05) is 19.1 Å². The molecule has 4 heteroatoms. The highest BCUT2D eigenvalue weighted by Gasteiger charge is 2.26. The fraction of sp³-hybridized carbons (Fsp3) is 0.889. The maximum absolute atomic E-state index is 11.5. The molecule has 4 nitrogen and oxygen atoms in total. The zero-order valence-corrected chi connectivity index (χ0v) is 7.70. The van der Waals surface area contributed by atoms with Crippen LogP contribution in [0.15, 0.2) is 0 Å². The smallest absolute Gasteiger partial charge is 0.236 e. The Morgan fingerprint density at radius 1 is 1.46 bits per heavy atom. The molecule has 13 heavy (non-hydrogen) atoms. The molecular weight excluding hydrogens is 168 g/mol. The van der Waals surface area contributed by atoms with E-state index in [0.29, 0.717) is 25.7 Å². The summed E-state index contributed by atoms with van der Waals surface area (Å²) in [6.45, 7) is 1.68. The van der Waals surface area contributed by atoms with Crippen molar-refractivity contribution in [2.45, 2.75) is 31.4 Å². The van der Waals surface area contributed by atoms with Gasteiger partial charge in [-0.2, -0.15) is 0 Å². The van der Waals surface area contributed by atoms with Crippen molar-refractivity contribution in [2.24, 2.45) is 0 Å². The second-order valence-electron chi connectivity index (χ2n) is 3.94. The van der Waals surface area contributed by atoms with E-state index in [9.17, 15) is 9.90 Å². The zero-order chi connectivity index (χ0) is 9.26. The predicted octanol–water partition coefficient (Wildman–Crippen LogP) is -0.668. The van der Waals surface area contributed by atoms with E-state index in [2.05, 4.69) is 5.32 Å². The summed E-state index contributed by atoms with van der Waals surface area (Å²) in [7, 11) is 0. The number of amides is 1. The Bertz CT molecular complexity index is 204. The lowest BCUT2D eigenvalue weighted by Gasteiger charge is -2.15. The zero-order valence-electron chi connectivity index (χ0n) is 7.70. The number of carbonyl (C=O) groups is 1. The summed E-state index contributed by atoms with van der Waals surface area (Å²) in [5.74, 6) is 0.128. The van der Waals surface area contributed by atoms with E-state index >= 15 is 0 Å². The molecule has 2 fully saturated rings. The Morgan fingerprint density at radius 3 is 2.77 bits per heavy atom. The van der Waals surface area contributed by atoms with Crippen molar-refractivity contribution < 1.29 is 9.90 Å². The number of rotatable bonds is 3. The molecule has 2 N–H and O–H groups in total. The monoisotopic (exact) mass is 184 g/mol. The molecule has 0 bridgehead atoms. The summed E-state index contributed by atoms with van der Waals surface area (Å²) < 4.78 is 0. The van der Waals surface area contributed by atoms with Crippen LogP contribution in [-0.2, 0) is 4.79 Å². The summed E-state index contributed by atoms with van der Waals surface area (Å²) in [5, 5.41) is 12.4. The molecule has 2 rings (SSSR count). The number of hydrogen-bond acceptors (Lipinski definition) is 3. The molecule has 1 saturated carbocycles. The topological polar surface area (TPSA) is 52.6 Å². The first kappa shape index (κ1) is 8.97. The van der Waals surface area contributed by atoms with Gasteiger partial charge in [0.15, 0.2) is 0 Å². The first-order chi connectivity index (χ1) is 6.25. The molecule has 74 valence electrons. The molecule has 0 aromatic heterocycles. The molecule has 1 saturated heterocycles. The molecule has 1 aliphatic carbocycles. The molecule has 0 aromatic carbocycles. The number of aliphatic hydroxyl groups excluding tert-OH is 1. The normalized spacial score (nSPS) is 28.1. The maximum atomic E-state index is 11.5. The molecule has 0 spiro atoms. The quantitative estimate of drug-likeness (QED) is 0.611. The van der Waals surface area contributed by atoms with Gasteiger partial charge in [-0.25, -0.2) is 0 Å². The Balaban J connectivity index is 1.69. The van der Waals surface area contributed by atoms with E-state index in [0.717, 1.165) is 6.42 Å². The van der Waals surface area contributed by atoms with Crippen LogP contribution in [0.4, 0.5) is 0 Å². The Labute approximate surface area is 77.9 Å². The maximum Gasteiger partial charge on any atom is 0.236 e. The fourth-order valence-electron chi connectivity index (χ4n) is 1.60. The van der Waals surface area contributed by atoms with Gasteiger partial charge in [-0.3, -0.25) is 4.79 Å². The van der Waals surface area contributed by atoms with Gasteiger partial charge in [-0.15, -0.1) is 0 Å². The first-order valence-electron chi connectivity index (χ1n) is 4.95. The fourth-order valence-corrected chi connectivity index (χ4v) is 1.60. The van der Waals surface area contributed by atoms with E-state index in [-0.39, 0.29) is 12.0 Å². The third-order valence-corrected chi connectivity index (χ3v) is 2.64. The van der Waals surface area contributed by atoms with E-state index in [1.807, 2.05) is 0 Å². The van der Waals surface area contributed by atoms with Gasteiger partial charge in [-0.05, 0) is 19.3 Å². The van der Waals surface area contributed by atoms with E-state index < -0.39 is 0 Å². The molecular formula is C9H16N2O2. The molecule has 0 radical (unpaired) electrons. The van der Waals surface area contributed by atoms with Crippen LogP contribution in [0.25, 0.3) is 0 Å². The number of hydrogen-bond donors (Lipinski definition) is 2. The van der Waals surface area contributed by atoms with Crippen molar-refractivity contribution in [1.29, 1.82) is 0 Å². The number of nitrogens with one attached hydrogen (secondary N) is 1. The molecule has 2 aliphatic rings. The number of likely N-dealkylation sites (tertiary alicyclic amines) is 1. The minimum atomic E-state index is -0.301. The standard InChI is InChI=1S/C9H16N2O2/c12-8-3-4-11(6-8)9(13)5-10-7-1-2-7/h7-8,10,12H,1-6H2. The summed E-state index contributed by atoms with van der Waals surface area (Å²) in [6, 6.07) is 0.580. The molecule has 1 unspecified atom stereocenters. The van der Waals surface area contributed by atoms with Gasteiger partial charge in [0.2, 0.25) is 5.91 Å². The van der Waals surface area contributed by atoms with Crippen LogP contribution in [0, 0.1) is 0 Å². The van der Waals surface area contributed by atoms with Crippen LogP contribution in [0.5, 0.6) is 0 Å². The van der Waals surface area contributed by atoms with Gasteiger partial charge in [0.05, 0.1) is 12.6 Å². The molecule has 1 heterocycles. The third kappa shape index (κ3) is 2.42. The van der Waals surface area contributed by atoms with Gasteiger partial charge < -0.3 is 15.3 Å². The number of carbonyl (C=O) groups excluding carboxylic acids is 1. The van der Waals surface area contributed by atoms with Crippen molar-refractivity contribution in [2.75, 3.05) is 19.6 Å². The largest absolute Gasteiger partial charge is 0.391 e. The average molecular weight is 184 g/mol. The second kappa shape index (κ2) is 3.64. The lowest BCUT2D eigenvalue weighted by atomic mass is 10.3. The minimum Gasteiger partial charge on any atom is -0.391 e. The Morgan fingerprint density at radius 2 is 2.23 bits per heavy atom. The van der Waals surface area contributed by atoms with Crippen LogP contribution in [-0.4, -0.2) is 47.7 Å². The van der Waals surface area contributed by atoms with Gasteiger partial charge >= 0.3 is 0 Å². The van der Waals surface area contributed by atoms with Crippen LogP contribution < -0.4 is 5.32 Å². The summed E-state index contributed by atoms with van der Waals surface area (Å²) in [4.78, 5) is 13.2. The first-order valence-corrected chi connectivity index (χ1v) is 4.95. The highest BCUT2D eigenvalue weighted by atomic mass is 16.3. The van der Waals surface area contributed by atoms with Crippen molar-refractivity contribution >= 4 is 5.91 Å². The highest BCUT2D eigenvalue weighted by Crippen LogP contribution is 2.18. The highest BCUT2D eigenvalue weighted by molar-refractivity contribution is 5.78.